The molecular weight excluding hydrogens is 384 g/mol. The first-order chi connectivity index (χ1) is 14.5. The first kappa shape index (κ1) is 19.9. The number of amides is 3. The molecule has 0 aliphatic carbocycles. The van der Waals surface area contributed by atoms with Crippen LogP contribution >= 0.6 is 0 Å². The monoisotopic (exact) mass is 408 g/mol. The van der Waals surface area contributed by atoms with Gasteiger partial charge in [-0.15, -0.1) is 0 Å². The molecule has 4 rings (SSSR count). The Hall–Kier alpha value is -3.42. The van der Waals surface area contributed by atoms with Gasteiger partial charge in [-0.2, -0.15) is 0 Å². The molecule has 1 aromatic carbocycles. The number of hydrogen-bond acceptors (Lipinski definition) is 5. The van der Waals surface area contributed by atoms with Gasteiger partial charge in [0.2, 0.25) is 5.91 Å². The number of hydrogen-bond donors (Lipinski definition) is 2. The van der Waals surface area contributed by atoms with E-state index < -0.39 is 29.9 Å². The van der Waals surface area contributed by atoms with Gasteiger partial charge in [0.25, 0.3) is 0 Å². The number of β-lactam (4-membered cyclic amide) rings is 1. The Morgan fingerprint density at radius 3 is 2.67 bits per heavy atom. The number of urea groups is 1. The summed E-state index contributed by atoms with van der Waals surface area (Å²) in [5, 5.41) is 9.70. The molecule has 2 aliphatic rings. The van der Waals surface area contributed by atoms with Crippen LogP contribution in [0.25, 0.3) is 0 Å². The zero-order valence-electron chi connectivity index (χ0n) is 16.5. The third-order valence-electron chi connectivity index (χ3n) is 5.94. The third kappa shape index (κ3) is 3.72. The fraction of sp³-hybridized carbons (Fsp3) is 0.364. The topological polar surface area (TPSA) is 117 Å². The molecule has 0 radical (unpaired) electrons. The number of aromatic nitrogens is 1. The van der Waals surface area contributed by atoms with Crippen molar-refractivity contribution in [3.8, 4) is 0 Å². The lowest BCUT2D eigenvalue weighted by atomic mass is 9.82. The number of benzene rings is 1. The number of nitrogens with two attached hydrogens (primary N) is 1. The van der Waals surface area contributed by atoms with Crippen molar-refractivity contribution < 1.29 is 19.5 Å². The van der Waals surface area contributed by atoms with Crippen molar-refractivity contribution in [2.24, 2.45) is 5.92 Å². The van der Waals surface area contributed by atoms with Crippen molar-refractivity contribution in [3.05, 3.63) is 59.8 Å². The zero-order chi connectivity index (χ0) is 21.3. The molecule has 0 saturated carbocycles. The van der Waals surface area contributed by atoms with E-state index in [2.05, 4.69) is 4.98 Å². The Labute approximate surface area is 174 Å². The van der Waals surface area contributed by atoms with Crippen LogP contribution in [0, 0.1) is 5.92 Å². The van der Waals surface area contributed by atoms with Gasteiger partial charge < -0.3 is 15.7 Å². The Morgan fingerprint density at radius 1 is 1.20 bits per heavy atom. The predicted molar refractivity (Wildman–Crippen MR) is 109 cm³/mol. The molecule has 3 heterocycles. The van der Waals surface area contributed by atoms with Crippen molar-refractivity contribution in [3.63, 3.8) is 0 Å². The summed E-state index contributed by atoms with van der Waals surface area (Å²) in [6.45, 7) is 0.994. The minimum absolute atomic E-state index is 0.180. The molecule has 0 unspecified atom stereocenters. The van der Waals surface area contributed by atoms with Crippen LogP contribution in [0.4, 0.5) is 10.6 Å². The van der Waals surface area contributed by atoms with E-state index in [4.69, 9.17) is 5.73 Å². The van der Waals surface area contributed by atoms with E-state index in [1.807, 2.05) is 30.3 Å². The minimum atomic E-state index is -1.17. The first-order valence-corrected chi connectivity index (χ1v) is 10.1. The number of nitrogens with zero attached hydrogens (tertiary/aromatic N) is 3. The quantitative estimate of drug-likeness (QED) is 0.749. The van der Waals surface area contributed by atoms with Gasteiger partial charge in [0, 0.05) is 25.2 Å². The average Bonchev–Trinajstić information content (AvgIpc) is 2.75. The average molecular weight is 408 g/mol. The van der Waals surface area contributed by atoms with E-state index in [1.54, 1.807) is 17.0 Å². The molecule has 2 aliphatic heterocycles. The van der Waals surface area contributed by atoms with Crippen LogP contribution in [0.15, 0.2) is 48.7 Å². The van der Waals surface area contributed by atoms with Gasteiger partial charge in [-0.3, -0.25) is 4.79 Å². The van der Waals surface area contributed by atoms with E-state index >= 15 is 0 Å². The molecule has 3 N–H and O–H groups in total. The molecule has 1 aromatic heterocycles. The second-order valence-corrected chi connectivity index (χ2v) is 7.87. The summed E-state index contributed by atoms with van der Waals surface area (Å²) < 4.78 is 0. The van der Waals surface area contributed by atoms with Crippen molar-refractivity contribution in [1.82, 2.24) is 14.8 Å². The number of carboxylic acids is 1. The van der Waals surface area contributed by atoms with Crippen molar-refractivity contribution in [2.45, 2.75) is 31.2 Å². The Morgan fingerprint density at radius 2 is 1.97 bits per heavy atom. The Balaban J connectivity index is 1.48. The summed E-state index contributed by atoms with van der Waals surface area (Å²) >= 11 is 0. The molecule has 2 saturated heterocycles. The third-order valence-corrected chi connectivity index (χ3v) is 5.94. The van der Waals surface area contributed by atoms with Gasteiger partial charge >= 0.3 is 12.0 Å². The van der Waals surface area contributed by atoms with Crippen LogP contribution in [0.2, 0.25) is 0 Å². The highest BCUT2D eigenvalue weighted by Crippen LogP contribution is 2.34. The van der Waals surface area contributed by atoms with Crippen LogP contribution in [0.5, 0.6) is 0 Å². The minimum Gasteiger partial charge on any atom is -0.480 e. The molecule has 2 fully saturated rings. The van der Waals surface area contributed by atoms with Crippen molar-refractivity contribution in [1.29, 1.82) is 0 Å². The fourth-order valence-corrected chi connectivity index (χ4v) is 4.42. The number of nitrogen functional groups attached to an aromatic ring is 1. The van der Waals surface area contributed by atoms with E-state index in [9.17, 15) is 19.5 Å². The normalized spacial score (nSPS) is 23.7. The zero-order valence-corrected chi connectivity index (χ0v) is 16.5. The van der Waals surface area contributed by atoms with Crippen LogP contribution in [0.1, 0.15) is 29.9 Å². The second kappa shape index (κ2) is 8.14. The summed E-state index contributed by atoms with van der Waals surface area (Å²) in [7, 11) is 0. The lowest BCUT2D eigenvalue weighted by molar-refractivity contribution is -0.166. The van der Waals surface area contributed by atoms with E-state index in [1.165, 1.54) is 6.20 Å². The van der Waals surface area contributed by atoms with Crippen LogP contribution in [0.3, 0.4) is 0 Å². The first-order valence-electron chi connectivity index (χ1n) is 10.1. The summed E-state index contributed by atoms with van der Waals surface area (Å²) in [6, 6.07) is 11.6. The lowest BCUT2D eigenvalue weighted by Crippen LogP contribution is -2.69. The van der Waals surface area contributed by atoms with Gasteiger partial charge in [-0.05, 0) is 42.5 Å². The maximum Gasteiger partial charge on any atom is 0.327 e. The summed E-state index contributed by atoms with van der Waals surface area (Å²) in [4.78, 5) is 44.1. The smallest absolute Gasteiger partial charge is 0.327 e. The maximum absolute atomic E-state index is 13.1. The molecule has 0 spiro atoms. The predicted octanol–water partition coefficient (Wildman–Crippen LogP) is 2.12. The summed E-state index contributed by atoms with van der Waals surface area (Å²) in [5.74, 6) is -1.93. The second-order valence-electron chi connectivity index (χ2n) is 7.87. The van der Waals surface area contributed by atoms with Gasteiger partial charge in [-0.25, -0.2) is 19.5 Å². The van der Waals surface area contributed by atoms with Gasteiger partial charge in [-0.1, -0.05) is 30.3 Å². The standard InChI is InChI=1S/C22H24N4O4/c23-18-12-14(8-9-24-18)11-17-19(21(28)29)26(20(17)27)22(30)25-10-4-7-16(13-25)15-5-2-1-3-6-15/h1-3,5-6,8-9,12,16-17,19H,4,7,10-11,13H2,(H2,23,24)(H,28,29)/t16-,17-,19+/m1/s1. The molecular formula is C22H24N4O4. The number of imide groups is 1. The largest absolute Gasteiger partial charge is 0.480 e. The SMILES string of the molecule is Nc1cc(C[C@H]2C(=O)N(C(=O)N3CCC[C@@H](c4ccccc4)C3)[C@@H]2C(=O)O)ccn1. The number of pyridine rings is 1. The van der Waals surface area contributed by atoms with E-state index in [0.717, 1.165) is 28.9 Å². The number of aliphatic carboxylic acids is 1. The fourth-order valence-electron chi connectivity index (χ4n) is 4.42. The molecule has 3 atom stereocenters. The number of anilines is 1. The Bertz CT molecular complexity index is 965. The van der Waals surface area contributed by atoms with Crippen LogP contribution in [-0.2, 0) is 16.0 Å². The number of piperidine rings is 1. The molecule has 3 amide bonds. The number of likely N-dealkylation sites (tertiary alicyclic amines) is 2. The van der Waals surface area contributed by atoms with Gasteiger partial charge in [0.1, 0.15) is 5.82 Å². The van der Waals surface area contributed by atoms with Crippen LogP contribution in [-0.4, -0.2) is 56.9 Å². The van der Waals surface area contributed by atoms with E-state index in [0.29, 0.717) is 18.9 Å². The number of carbonyl (C=O) groups is 3. The van der Waals surface area contributed by atoms with Gasteiger partial charge in [0.05, 0.1) is 5.92 Å². The molecule has 30 heavy (non-hydrogen) atoms. The maximum atomic E-state index is 13.1. The lowest BCUT2D eigenvalue weighted by Gasteiger charge is -2.46. The number of rotatable bonds is 4. The highest BCUT2D eigenvalue weighted by Gasteiger charge is 2.55. The molecule has 156 valence electrons. The van der Waals surface area contributed by atoms with Gasteiger partial charge in [0.15, 0.2) is 6.04 Å². The molecule has 0 bridgehead atoms. The van der Waals surface area contributed by atoms with E-state index in [-0.39, 0.29) is 12.3 Å². The van der Waals surface area contributed by atoms with Crippen molar-refractivity contribution >= 4 is 23.7 Å². The summed E-state index contributed by atoms with van der Waals surface area (Å²) in [6.07, 6.45) is 3.49. The highest BCUT2D eigenvalue weighted by molar-refractivity contribution is 6.07. The Kier molecular flexibility index (Phi) is 5.39. The number of carboxylic acid groups (broad SMARTS) is 1. The highest BCUT2D eigenvalue weighted by atomic mass is 16.4. The van der Waals surface area contributed by atoms with Crippen LogP contribution < -0.4 is 5.73 Å². The molecule has 8 nitrogen and oxygen atoms in total. The molecule has 2 aromatic rings. The summed E-state index contributed by atoms with van der Waals surface area (Å²) in [5.41, 5.74) is 7.54. The van der Waals surface area contributed by atoms with Crippen molar-refractivity contribution in [2.75, 3.05) is 18.8 Å². The number of carbonyl (C=O) groups excluding carboxylic acids is 2. The molecule has 8 heteroatoms.